The number of aromatic nitrogens is 2. The Kier molecular flexibility index (Phi) is 6.63. The number of ether oxygens (including phenoxy) is 3. The van der Waals surface area contributed by atoms with Crippen molar-refractivity contribution in [2.75, 3.05) is 45.3 Å². The number of benzene rings is 2. The van der Waals surface area contributed by atoms with Gasteiger partial charge in [-0.3, -0.25) is 4.79 Å². The second-order valence-corrected chi connectivity index (χ2v) is 7.88. The maximum absolute atomic E-state index is 13.0. The fraction of sp³-hybridized carbons (Fsp3) is 0.320. The molecule has 3 aromatic rings. The molecule has 0 bridgehead atoms. The first-order valence-electron chi connectivity index (χ1n) is 10.8. The van der Waals surface area contributed by atoms with Crippen LogP contribution in [0.4, 0.5) is 5.82 Å². The van der Waals surface area contributed by atoms with Gasteiger partial charge < -0.3 is 24.0 Å². The van der Waals surface area contributed by atoms with Crippen LogP contribution in [0.3, 0.4) is 0 Å². The number of amides is 1. The Morgan fingerprint density at radius 1 is 0.848 bits per heavy atom. The predicted octanol–water partition coefficient (Wildman–Crippen LogP) is 3.87. The first-order chi connectivity index (χ1) is 16.0. The number of rotatable bonds is 6. The molecule has 2 aromatic carbocycles. The maximum Gasteiger partial charge on any atom is 0.254 e. The van der Waals surface area contributed by atoms with Gasteiger partial charge in [-0.25, -0.2) is 4.98 Å². The van der Waals surface area contributed by atoms with Gasteiger partial charge in [-0.2, -0.15) is 4.98 Å². The lowest BCUT2D eigenvalue weighted by Crippen LogP contribution is -2.49. The van der Waals surface area contributed by atoms with Gasteiger partial charge in [0.2, 0.25) is 5.88 Å². The van der Waals surface area contributed by atoms with E-state index < -0.39 is 0 Å². The van der Waals surface area contributed by atoms with Gasteiger partial charge >= 0.3 is 0 Å². The Bertz CT molecular complexity index is 1130. The molecule has 4 rings (SSSR count). The van der Waals surface area contributed by atoms with Crippen LogP contribution in [0.15, 0.2) is 48.5 Å². The second kappa shape index (κ2) is 9.77. The molecule has 0 saturated carbocycles. The van der Waals surface area contributed by atoms with Crippen molar-refractivity contribution in [3.8, 4) is 23.1 Å². The van der Waals surface area contributed by atoms with Crippen molar-refractivity contribution in [2.24, 2.45) is 0 Å². The summed E-state index contributed by atoms with van der Waals surface area (Å²) in [5, 5.41) is 0. The first-order valence-corrected chi connectivity index (χ1v) is 10.8. The van der Waals surface area contributed by atoms with E-state index in [0.29, 0.717) is 54.9 Å². The predicted molar refractivity (Wildman–Crippen MR) is 126 cm³/mol. The van der Waals surface area contributed by atoms with Crippen LogP contribution in [0.1, 0.15) is 21.7 Å². The minimum Gasteiger partial charge on any atom is -0.493 e. The number of carbonyl (C=O) groups excluding carboxylic acids is 1. The van der Waals surface area contributed by atoms with Crippen LogP contribution in [0.2, 0.25) is 0 Å². The van der Waals surface area contributed by atoms with E-state index in [0.717, 1.165) is 11.6 Å². The number of piperazine rings is 1. The largest absolute Gasteiger partial charge is 0.493 e. The number of hydrogen-bond acceptors (Lipinski definition) is 7. The third-order valence-corrected chi connectivity index (χ3v) is 5.57. The van der Waals surface area contributed by atoms with Crippen LogP contribution in [0.25, 0.3) is 0 Å². The minimum absolute atomic E-state index is 0.0298. The van der Waals surface area contributed by atoms with E-state index in [-0.39, 0.29) is 5.91 Å². The summed E-state index contributed by atoms with van der Waals surface area (Å²) < 4.78 is 16.5. The molecule has 33 heavy (non-hydrogen) atoms. The molecule has 0 radical (unpaired) electrons. The first kappa shape index (κ1) is 22.4. The highest BCUT2D eigenvalue weighted by Gasteiger charge is 2.24. The molecule has 1 aromatic heterocycles. The third kappa shape index (κ3) is 5.16. The smallest absolute Gasteiger partial charge is 0.254 e. The average Bonchev–Trinajstić information content (AvgIpc) is 2.84. The van der Waals surface area contributed by atoms with Gasteiger partial charge in [0.05, 0.1) is 14.2 Å². The van der Waals surface area contributed by atoms with Crippen LogP contribution in [-0.4, -0.2) is 61.2 Å². The summed E-state index contributed by atoms with van der Waals surface area (Å²) in [5.41, 5.74) is 1.75. The van der Waals surface area contributed by atoms with E-state index >= 15 is 0 Å². The summed E-state index contributed by atoms with van der Waals surface area (Å²) in [6.07, 6.45) is 0. The summed E-state index contributed by atoms with van der Waals surface area (Å²) in [5.74, 6) is 3.78. The van der Waals surface area contributed by atoms with Crippen molar-refractivity contribution >= 4 is 11.7 Å². The van der Waals surface area contributed by atoms with Crippen molar-refractivity contribution < 1.29 is 19.0 Å². The highest BCUT2D eigenvalue weighted by atomic mass is 16.5. The van der Waals surface area contributed by atoms with Crippen LogP contribution in [0, 0.1) is 13.8 Å². The van der Waals surface area contributed by atoms with Gasteiger partial charge in [0.15, 0.2) is 11.5 Å². The molecule has 0 spiro atoms. The molecule has 172 valence electrons. The molecule has 0 atom stereocenters. The number of hydrogen-bond donors (Lipinski definition) is 0. The molecular formula is C25H28N4O4. The standard InChI is InChI=1S/C25H28N4O4/c1-17-5-8-20(9-6-17)33-24-16-23(26-18(2)27-24)28-11-13-29(14-12-28)25(30)19-7-10-21(31-3)22(15-19)32-4/h5-10,15-16H,11-14H2,1-4H3. The molecule has 0 unspecified atom stereocenters. The topological polar surface area (TPSA) is 77.0 Å². The van der Waals surface area contributed by atoms with Crippen LogP contribution < -0.4 is 19.1 Å². The highest BCUT2D eigenvalue weighted by Crippen LogP contribution is 2.29. The van der Waals surface area contributed by atoms with Crippen molar-refractivity contribution in [3.63, 3.8) is 0 Å². The van der Waals surface area contributed by atoms with Gasteiger partial charge in [-0.1, -0.05) is 17.7 Å². The molecule has 0 N–H and O–H groups in total. The van der Waals surface area contributed by atoms with E-state index in [4.69, 9.17) is 14.2 Å². The fourth-order valence-corrected chi connectivity index (χ4v) is 3.76. The van der Waals surface area contributed by atoms with Crippen LogP contribution in [-0.2, 0) is 0 Å². The normalized spacial score (nSPS) is 13.6. The third-order valence-electron chi connectivity index (χ3n) is 5.57. The SMILES string of the molecule is COc1ccc(C(=O)N2CCN(c3cc(Oc4ccc(C)cc4)nc(C)n3)CC2)cc1OC. The Morgan fingerprint density at radius 3 is 2.21 bits per heavy atom. The average molecular weight is 449 g/mol. The highest BCUT2D eigenvalue weighted by molar-refractivity contribution is 5.95. The number of aryl methyl sites for hydroxylation is 2. The van der Waals surface area contributed by atoms with Crippen LogP contribution >= 0.6 is 0 Å². The quantitative estimate of drug-likeness (QED) is 0.567. The van der Waals surface area contributed by atoms with Gasteiger partial charge in [-0.05, 0) is 44.2 Å². The van der Waals surface area contributed by atoms with E-state index in [2.05, 4.69) is 14.9 Å². The zero-order valence-electron chi connectivity index (χ0n) is 19.4. The van der Waals surface area contributed by atoms with E-state index in [9.17, 15) is 4.79 Å². The lowest BCUT2D eigenvalue weighted by molar-refractivity contribution is 0.0746. The molecule has 1 aliphatic rings. The molecule has 1 fully saturated rings. The minimum atomic E-state index is -0.0298. The van der Waals surface area contributed by atoms with Gasteiger partial charge in [0.25, 0.3) is 5.91 Å². The molecule has 1 aliphatic heterocycles. The molecule has 1 amide bonds. The van der Waals surface area contributed by atoms with E-state index in [1.54, 1.807) is 32.4 Å². The summed E-state index contributed by atoms with van der Waals surface area (Å²) in [7, 11) is 3.13. The fourth-order valence-electron chi connectivity index (χ4n) is 3.76. The number of carbonyl (C=O) groups is 1. The van der Waals surface area contributed by atoms with Crippen molar-refractivity contribution in [1.82, 2.24) is 14.9 Å². The van der Waals surface area contributed by atoms with Crippen molar-refractivity contribution in [1.29, 1.82) is 0 Å². The molecule has 8 heteroatoms. The molecule has 0 aliphatic carbocycles. The lowest BCUT2D eigenvalue weighted by Gasteiger charge is -2.35. The second-order valence-electron chi connectivity index (χ2n) is 7.88. The number of anilines is 1. The summed E-state index contributed by atoms with van der Waals surface area (Å²) in [4.78, 5) is 26.0. The summed E-state index contributed by atoms with van der Waals surface area (Å²) in [6.45, 7) is 6.39. The van der Waals surface area contributed by atoms with Crippen molar-refractivity contribution in [2.45, 2.75) is 13.8 Å². The lowest BCUT2D eigenvalue weighted by atomic mass is 10.1. The van der Waals surface area contributed by atoms with E-state index in [1.807, 2.05) is 49.1 Å². The summed E-state index contributed by atoms with van der Waals surface area (Å²) >= 11 is 0. The van der Waals surface area contributed by atoms with E-state index in [1.165, 1.54) is 5.56 Å². The van der Waals surface area contributed by atoms with Gasteiger partial charge in [0.1, 0.15) is 17.4 Å². The Labute approximate surface area is 193 Å². The van der Waals surface area contributed by atoms with Gasteiger partial charge in [0, 0.05) is 37.8 Å². The Balaban J connectivity index is 1.43. The van der Waals surface area contributed by atoms with Gasteiger partial charge in [-0.15, -0.1) is 0 Å². The van der Waals surface area contributed by atoms with Crippen molar-refractivity contribution in [3.05, 3.63) is 65.5 Å². The monoisotopic (exact) mass is 448 g/mol. The van der Waals surface area contributed by atoms with Crippen LogP contribution in [0.5, 0.6) is 23.1 Å². The Morgan fingerprint density at radius 2 is 1.55 bits per heavy atom. The molecule has 1 saturated heterocycles. The Hall–Kier alpha value is -3.81. The molecule has 8 nitrogen and oxygen atoms in total. The molecular weight excluding hydrogens is 420 g/mol. The molecule has 2 heterocycles. The number of methoxy groups -OCH3 is 2. The zero-order valence-corrected chi connectivity index (χ0v) is 19.4. The summed E-state index contributed by atoms with van der Waals surface area (Å²) in [6, 6.07) is 14.9. The maximum atomic E-state index is 13.0. The zero-order chi connectivity index (χ0) is 23.4. The number of nitrogens with zero attached hydrogens (tertiary/aromatic N) is 4.